The quantitative estimate of drug-likeness (QED) is 0.572. The SMILES string of the molecule is Cc1ccc2c(c1)Sc1ccccc1N1C(=O)C[C@H]3[C@H](C[N+](=O)[O-])CC[C@]231. The minimum atomic E-state index is -0.458. The standard InChI is InChI=1S/C21H20N2O3S/c1-13-6-7-15-19(10-13)27-18-5-3-2-4-17(18)23-20(24)11-16-14(12-22(25)26)8-9-21(15,16)23/h2-7,10,14,16H,8-9,11-12H2,1H3/t14-,16-,21-/m0/s1. The van der Waals surface area contributed by atoms with Gasteiger partial charge in [-0.1, -0.05) is 36.0 Å². The van der Waals surface area contributed by atoms with E-state index in [2.05, 4.69) is 31.2 Å². The zero-order valence-electron chi connectivity index (χ0n) is 15.1. The van der Waals surface area contributed by atoms with Crippen molar-refractivity contribution in [2.24, 2.45) is 11.8 Å². The molecule has 138 valence electrons. The van der Waals surface area contributed by atoms with Gasteiger partial charge in [0.2, 0.25) is 12.5 Å². The van der Waals surface area contributed by atoms with E-state index in [0.29, 0.717) is 6.42 Å². The number of nitrogens with zero attached hydrogens (tertiary/aromatic N) is 2. The van der Waals surface area contributed by atoms with Gasteiger partial charge in [-0.3, -0.25) is 14.9 Å². The van der Waals surface area contributed by atoms with Crippen molar-refractivity contribution in [1.82, 2.24) is 0 Å². The third-order valence-electron chi connectivity index (χ3n) is 6.43. The molecular formula is C21H20N2O3S. The van der Waals surface area contributed by atoms with Crippen molar-refractivity contribution in [3.8, 4) is 0 Å². The number of carbonyl (C=O) groups excluding carboxylic acids is 1. The number of carbonyl (C=O) groups is 1. The lowest BCUT2D eigenvalue weighted by Gasteiger charge is -2.39. The molecule has 1 saturated carbocycles. The Balaban J connectivity index is 1.77. The molecule has 2 aliphatic heterocycles. The van der Waals surface area contributed by atoms with E-state index in [9.17, 15) is 14.9 Å². The van der Waals surface area contributed by atoms with Crippen LogP contribution in [0.5, 0.6) is 0 Å². The number of para-hydroxylation sites is 1. The molecule has 2 fully saturated rings. The highest BCUT2D eigenvalue weighted by Gasteiger charge is 2.62. The summed E-state index contributed by atoms with van der Waals surface area (Å²) >= 11 is 1.71. The molecule has 0 aromatic heterocycles. The number of hydrogen-bond acceptors (Lipinski definition) is 4. The molecule has 0 bridgehead atoms. The maximum Gasteiger partial charge on any atom is 0.228 e. The molecule has 1 saturated heterocycles. The number of amides is 1. The van der Waals surface area contributed by atoms with Gasteiger partial charge in [0.05, 0.1) is 11.2 Å². The van der Waals surface area contributed by atoms with Gasteiger partial charge in [-0.05, 0) is 49.1 Å². The summed E-state index contributed by atoms with van der Waals surface area (Å²) in [5, 5.41) is 11.2. The van der Waals surface area contributed by atoms with Crippen molar-refractivity contribution in [3.05, 3.63) is 63.7 Å². The highest BCUT2D eigenvalue weighted by molar-refractivity contribution is 7.99. The third kappa shape index (κ3) is 2.29. The van der Waals surface area contributed by atoms with Gasteiger partial charge >= 0.3 is 0 Å². The summed E-state index contributed by atoms with van der Waals surface area (Å²) in [6.45, 7) is 2.03. The topological polar surface area (TPSA) is 63.5 Å². The first-order valence-corrected chi connectivity index (χ1v) is 10.2. The average molecular weight is 380 g/mol. The van der Waals surface area contributed by atoms with E-state index in [0.717, 1.165) is 29.0 Å². The summed E-state index contributed by atoms with van der Waals surface area (Å²) in [7, 11) is 0. The van der Waals surface area contributed by atoms with E-state index in [1.807, 2.05) is 23.1 Å². The number of nitro groups is 1. The van der Waals surface area contributed by atoms with Crippen LogP contribution in [0.15, 0.2) is 52.3 Å². The highest BCUT2D eigenvalue weighted by atomic mass is 32.2. The molecule has 1 spiro atoms. The second-order valence-corrected chi connectivity index (χ2v) is 8.93. The summed E-state index contributed by atoms with van der Waals surface area (Å²) in [5.74, 6) is 0.0245. The molecule has 6 heteroatoms. The van der Waals surface area contributed by atoms with E-state index >= 15 is 0 Å². The largest absolute Gasteiger partial charge is 0.301 e. The smallest absolute Gasteiger partial charge is 0.228 e. The van der Waals surface area contributed by atoms with E-state index < -0.39 is 5.54 Å². The second kappa shape index (κ2) is 5.83. The maximum atomic E-state index is 13.2. The number of benzene rings is 2. The van der Waals surface area contributed by atoms with Gasteiger partial charge in [0.25, 0.3) is 0 Å². The normalized spacial score (nSPS) is 28.2. The van der Waals surface area contributed by atoms with Crippen LogP contribution in [0.2, 0.25) is 0 Å². The first-order chi connectivity index (χ1) is 13.0. The van der Waals surface area contributed by atoms with Crippen LogP contribution in [0.3, 0.4) is 0 Å². The molecule has 0 N–H and O–H groups in total. The Morgan fingerprint density at radius 1 is 1.26 bits per heavy atom. The zero-order valence-corrected chi connectivity index (χ0v) is 15.9. The van der Waals surface area contributed by atoms with Gasteiger partial charge in [-0.25, -0.2) is 0 Å². The summed E-state index contributed by atoms with van der Waals surface area (Å²) in [4.78, 5) is 28.5. The van der Waals surface area contributed by atoms with Gasteiger partial charge in [-0.15, -0.1) is 0 Å². The van der Waals surface area contributed by atoms with Crippen molar-refractivity contribution < 1.29 is 9.72 Å². The van der Waals surface area contributed by atoms with E-state index in [-0.39, 0.29) is 29.2 Å². The number of anilines is 1. The van der Waals surface area contributed by atoms with Crippen molar-refractivity contribution in [2.75, 3.05) is 11.4 Å². The van der Waals surface area contributed by atoms with Crippen LogP contribution in [0.4, 0.5) is 5.69 Å². The Morgan fingerprint density at radius 3 is 2.89 bits per heavy atom. The second-order valence-electron chi connectivity index (χ2n) is 7.85. The fourth-order valence-electron chi connectivity index (χ4n) is 5.43. The molecule has 0 unspecified atom stereocenters. The Hall–Kier alpha value is -2.34. The lowest BCUT2D eigenvalue weighted by Crippen LogP contribution is -2.45. The molecular weight excluding hydrogens is 360 g/mol. The van der Waals surface area contributed by atoms with E-state index in [1.165, 1.54) is 10.5 Å². The molecule has 1 amide bonds. The Kier molecular flexibility index (Phi) is 3.63. The summed E-state index contributed by atoms with van der Waals surface area (Å²) in [6.07, 6.45) is 1.97. The number of hydrogen-bond donors (Lipinski definition) is 0. The molecule has 5 rings (SSSR count). The van der Waals surface area contributed by atoms with Crippen LogP contribution in [0.25, 0.3) is 0 Å². The predicted molar refractivity (Wildman–Crippen MR) is 104 cm³/mol. The van der Waals surface area contributed by atoms with Crippen LogP contribution >= 0.6 is 11.8 Å². The van der Waals surface area contributed by atoms with Crippen molar-refractivity contribution in [3.63, 3.8) is 0 Å². The number of aryl methyl sites for hydroxylation is 1. The monoisotopic (exact) mass is 380 g/mol. The van der Waals surface area contributed by atoms with E-state index in [1.54, 1.807) is 11.8 Å². The average Bonchev–Trinajstić information content (AvgIpc) is 3.05. The van der Waals surface area contributed by atoms with Crippen LogP contribution < -0.4 is 4.90 Å². The van der Waals surface area contributed by atoms with Crippen LogP contribution in [-0.4, -0.2) is 17.4 Å². The molecule has 0 radical (unpaired) electrons. The van der Waals surface area contributed by atoms with Gasteiger partial charge in [0.1, 0.15) is 0 Å². The van der Waals surface area contributed by atoms with Gasteiger partial charge in [-0.2, -0.15) is 0 Å². The minimum Gasteiger partial charge on any atom is -0.301 e. The fourth-order valence-corrected chi connectivity index (χ4v) is 6.68. The summed E-state index contributed by atoms with van der Waals surface area (Å²) in [6, 6.07) is 14.5. The Bertz CT molecular complexity index is 976. The van der Waals surface area contributed by atoms with Crippen LogP contribution in [0, 0.1) is 28.9 Å². The lowest BCUT2D eigenvalue weighted by atomic mass is 9.78. The van der Waals surface area contributed by atoms with E-state index in [4.69, 9.17) is 0 Å². The number of fused-ring (bicyclic) bond motifs is 3. The molecule has 2 heterocycles. The van der Waals surface area contributed by atoms with Crippen LogP contribution in [0.1, 0.15) is 30.4 Å². The van der Waals surface area contributed by atoms with Crippen molar-refractivity contribution in [2.45, 2.75) is 41.5 Å². The van der Waals surface area contributed by atoms with Crippen LogP contribution in [-0.2, 0) is 10.3 Å². The summed E-state index contributed by atoms with van der Waals surface area (Å²) in [5.41, 5.74) is 2.84. The Labute approximate surface area is 161 Å². The molecule has 3 aliphatic rings. The minimum absolute atomic E-state index is 0.0105. The highest BCUT2D eigenvalue weighted by Crippen LogP contribution is 2.62. The van der Waals surface area contributed by atoms with Crippen molar-refractivity contribution in [1.29, 1.82) is 0 Å². The molecule has 2 aromatic carbocycles. The third-order valence-corrected chi connectivity index (χ3v) is 7.56. The molecule has 2 aromatic rings. The molecule has 3 atom stereocenters. The van der Waals surface area contributed by atoms with Gasteiger partial charge in [0, 0.05) is 33.0 Å². The zero-order chi connectivity index (χ0) is 18.8. The summed E-state index contributed by atoms with van der Waals surface area (Å²) < 4.78 is 0. The van der Waals surface area contributed by atoms with Gasteiger partial charge in [0.15, 0.2) is 0 Å². The number of rotatable bonds is 2. The predicted octanol–water partition coefficient (Wildman–Crippen LogP) is 4.39. The molecule has 5 nitrogen and oxygen atoms in total. The first kappa shape index (κ1) is 16.8. The van der Waals surface area contributed by atoms with Crippen molar-refractivity contribution >= 4 is 23.4 Å². The Morgan fingerprint density at radius 2 is 2.07 bits per heavy atom. The van der Waals surface area contributed by atoms with Gasteiger partial charge < -0.3 is 4.90 Å². The fraction of sp³-hybridized carbons (Fsp3) is 0.381. The molecule has 27 heavy (non-hydrogen) atoms. The first-order valence-electron chi connectivity index (χ1n) is 9.33. The maximum absolute atomic E-state index is 13.2. The lowest BCUT2D eigenvalue weighted by molar-refractivity contribution is -0.489. The molecule has 1 aliphatic carbocycles.